The van der Waals surface area contributed by atoms with Gasteiger partial charge in [-0.05, 0) is 141 Å². The van der Waals surface area contributed by atoms with Gasteiger partial charge in [-0.1, -0.05) is 170 Å². The SMILES string of the molecule is N#Cc1ccc(N(c2ccc3c(c2)C2C=CC=CC2N3c2ccccc2)c2ccc(-c3ccc(N(c4ccc(-c5ccccc5)cc4)c4cccc(-c5ccccc5)c4)cc3)c3ccccc23)cc1. The van der Waals surface area contributed by atoms with Gasteiger partial charge in [0.15, 0.2) is 0 Å². The van der Waals surface area contributed by atoms with E-state index in [4.69, 9.17) is 0 Å². The normalized spacial score (nSPS) is 14.5. The molecule has 4 heteroatoms. The Bertz CT molecular complexity index is 3560. The molecule has 0 saturated heterocycles. The van der Waals surface area contributed by atoms with E-state index in [9.17, 15) is 5.26 Å². The average Bonchev–Trinajstić information content (AvgIpc) is 3.76. The van der Waals surface area contributed by atoms with Gasteiger partial charge in [-0.15, -0.1) is 0 Å². The molecule has 326 valence electrons. The van der Waals surface area contributed by atoms with Crippen LogP contribution in [0.5, 0.6) is 0 Å². The molecule has 12 rings (SSSR count). The maximum Gasteiger partial charge on any atom is 0.0991 e. The van der Waals surface area contributed by atoms with E-state index in [0.717, 1.165) is 56.0 Å². The molecule has 2 atom stereocenters. The van der Waals surface area contributed by atoms with Gasteiger partial charge >= 0.3 is 0 Å². The maximum atomic E-state index is 9.80. The van der Waals surface area contributed by atoms with Gasteiger partial charge in [-0.3, -0.25) is 0 Å². The minimum absolute atomic E-state index is 0.184. The standard InChI is InChI=1S/C65H46N4/c66-45-46-27-33-55(34-28-46)68(57-39-41-65-62(44-57)61-25-12-13-26-63(61)69(65)52-20-8-3-9-21-52)64-42-40-58(59-23-10-11-24-60(59)64)50-31-37-54(38-32-50)67(53-35-29-49(30-36-53)47-15-4-1-5-16-47)56-22-14-19-51(43-56)48-17-6-2-7-18-48/h1-44,61,63H. The summed E-state index contributed by atoms with van der Waals surface area (Å²) in [6, 6.07) is 89.1. The summed E-state index contributed by atoms with van der Waals surface area (Å²) < 4.78 is 0. The van der Waals surface area contributed by atoms with Crippen molar-refractivity contribution in [2.45, 2.75) is 12.0 Å². The number of anilines is 8. The van der Waals surface area contributed by atoms with Crippen LogP contribution >= 0.6 is 0 Å². The van der Waals surface area contributed by atoms with Crippen molar-refractivity contribution in [1.82, 2.24) is 0 Å². The largest absolute Gasteiger partial charge is 0.333 e. The second kappa shape index (κ2) is 17.9. The van der Waals surface area contributed by atoms with E-state index < -0.39 is 0 Å². The third kappa shape index (κ3) is 7.72. The lowest BCUT2D eigenvalue weighted by Crippen LogP contribution is -2.28. The van der Waals surface area contributed by atoms with Crippen LogP contribution in [0.4, 0.5) is 45.5 Å². The van der Waals surface area contributed by atoms with Crippen LogP contribution in [0.3, 0.4) is 0 Å². The zero-order valence-electron chi connectivity index (χ0n) is 37.8. The number of nitriles is 1. The van der Waals surface area contributed by atoms with Crippen LogP contribution in [-0.2, 0) is 0 Å². The summed E-state index contributed by atoms with van der Waals surface area (Å²) in [5.41, 5.74) is 17.6. The summed E-state index contributed by atoms with van der Waals surface area (Å²) >= 11 is 0. The molecule has 0 fully saturated rings. The van der Waals surface area contributed by atoms with E-state index in [1.165, 1.54) is 39.2 Å². The third-order valence-corrected chi connectivity index (χ3v) is 13.6. The Morgan fingerprint density at radius 1 is 0.391 bits per heavy atom. The van der Waals surface area contributed by atoms with Crippen LogP contribution in [0.25, 0.3) is 44.2 Å². The molecule has 10 aromatic carbocycles. The second-order valence-corrected chi connectivity index (χ2v) is 17.6. The van der Waals surface area contributed by atoms with Crippen LogP contribution in [0, 0.1) is 11.3 Å². The molecule has 0 saturated carbocycles. The molecule has 69 heavy (non-hydrogen) atoms. The van der Waals surface area contributed by atoms with Crippen molar-refractivity contribution in [2.24, 2.45) is 0 Å². The van der Waals surface area contributed by atoms with E-state index in [1.807, 2.05) is 12.1 Å². The highest BCUT2D eigenvalue weighted by atomic mass is 15.2. The summed E-state index contributed by atoms with van der Waals surface area (Å²) in [4.78, 5) is 7.16. The van der Waals surface area contributed by atoms with Gasteiger partial charge in [-0.2, -0.15) is 5.26 Å². The predicted octanol–water partition coefficient (Wildman–Crippen LogP) is 17.4. The summed E-state index contributed by atoms with van der Waals surface area (Å²) in [5, 5.41) is 12.1. The summed E-state index contributed by atoms with van der Waals surface area (Å²) in [6.07, 6.45) is 8.99. The number of benzene rings is 10. The summed E-state index contributed by atoms with van der Waals surface area (Å²) in [5.74, 6) is 0.201. The van der Waals surface area contributed by atoms with Crippen LogP contribution in [0.2, 0.25) is 0 Å². The van der Waals surface area contributed by atoms with Gasteiger partial charge in [-0.25, -0.2) is 0 Å². The zero-order chi connectivity index (χ0) is 46.1. The van der Waals surface area contributed by atoms with Crippen molar-refractivity contribution < 1.29 is 0 Å². The first-order chi connectivity index (χ1) is 34.2. The number of para-hydroxylation sites is 1. The lowest BCUT2D eigenvalue weighted by atomic mass is 9.91. The van der Waals surface area contributed by atoms with E-state index in [2.05, 4.69) is 276 Å². The summed E-state index contributed by atoms with van der Waals surface area (Å²) in [6.45, 7) is 0. The predicted molar refractivity (Wildman–Crippen MR) is 288 cm³/mol. The first kappa shape index (κ1) is 41.3. The molecule has 0 amide bonds. The highest BCUT2D eigenvalue weighted by Gasteiger charge is 2.38. The van der Waals surface area contributed by atoms with E-state index >= 15 is 0 Å². The molecule has 0 radical (unpaired) electrons. The third-order valence-electron chi connectivity index (χ3n) is 13.6. The number of allylic oxidation sites excluding steroid dienone is 2. The Morgan fingerprint density at radius 2 is 0.928 bits per heavy atom. The Hall–Kier alpha value is -9.17. The van der Waals surface area contributed by atoms with Crippen molar-refractivity contribution in [3.05, 3.63) is 278 Å². The first-order valence-corrected chi connectivity index (χ1v) is 23.6. The van der Waals surface area contributed by atoms with E-state index in [1.54, 1.807) is 0 Å². The Labute approximate surface area is 403 Å². The molecule has 0 N–H and O–H groups in total. The highest BCUT2D eigenvalue weighted by molar-refractivity contribution is 6.06. The fourth-order valence-electron chi connectivity index (χ4n) is 10.3. The molecule has 0 aromatic heterocycles. The molecular formula is C65H46N4. The van der Waals surface area contributed by atoms with E-state index in [0.29, 0.717) is 5.56 Å². The lowest BCUT2D eigenvalue weighted by molar-refractivity contribution is 0.745. The number of rotatable bonds is 10. The molecular weight excluding hydrogens is 837 g/mol. The van der Waals surface area contributed by atoms with Gasteiger partial charge < -0.3 is 14.7 Å². The smallest absolute Gasteiger partial charge is 0.0991 e. The second-order valence-electron chi connectivity index (χ2n) is 17.6. The molecule has 4 nitrogen and oxygen atoms in total. The molecule has 2 aliphatic rings. The molecule has 1 heterocycles. The quantitative estimate of drug-likeness (QED) is 0.137. The van der Waals surface area contributed by atoms with Gasteiger partial charge in [0.1, 0.15) is 0 Å². The fourth-order valence-corrected chi connectivity index (χ4v) is 10.3. The van der Waals surface area contributed by atoms with Crippen LogP contribution in [0.1, 0.15) is 17.0 Å². The lowest BCUT2D eigenvalue weighted by Gasteiger charge is -2.29. The highest BCUT2D eigenvalue weighted by Crippen LogP contribution is 2.51. The number of hydrogen-bond acceptors (Lipinski definition) is 4. The first-order valence-electron chi connectivity index (χ1n) is 23.6. The molecule has 10 aromatic rings. The number of hydrogen-bond donors (Lipinski definition) is 0. The van der Waals surface area contributed by atoms with Gasteiger partial charge in [0.25, 0.3) is 0 Å². The van der Waals surface area contributed by atoms with Gasteiger partial charge in [0, 0.05) is 51.1 Å². The monoisotopic (exact) mass is 882 g/mol. The number of fused-ring (bicyclic) bond motifs is 4. The van der Waals surface area contributed by atoms with Crippen molar-refractivity contribution in [3.63, 3.8) is 0 Å². The van der Waals surface area contributed by atoms with Crippen molar-refractivity contribution in [1.29, 1.82) is 5.26 Å². The van der Waals surface area contributed by atoms with Crippen molar-refractivity contribution >= 4 is 56.3 Å². The van der Waals surface area contributed by atoms with Crippen LogP contribution in [-0.4, -0.2) is 6.04 Å². The fraction of sp³-hybridized carbons (Fsp3) is 0.0308. The minimum atomic E-state index is 0.184. The van der Waals surface area contributed by atoms with Crippen molar-refractivity contribution in [2.75, 3.05) is 14.7 Å². The zero-order valence-corrected chi connectivity index (χ0v) is 37.8. The van der Waals surface area contributed by atoms with Crippen LogP contribution < -0.4 is 14.7 Å². The van der Waals surface area contributed by atoms with Crippen molar-refractivity contribution in [3.8, 4) is 39.4 Å². The molecule has 0 bridgehead atoms. The average molecular weight is 883 g/mol. The molecule has 1 aliphatic heterocycles. The topological polar surface area (TPSA) is 33.5 Å². The maximum absolute atomic E-state index is 9.80. The molecule has 0 spiro atoms. The van der Waals surface area contributed by atoms with Gasteiger partial charge in [0.2, 0.25) is 0 Å². The Kier molecular flexibility index (Phi) is 10.7. The Morgan fingerprint density at radius 3 is 1.62 bits per heavy atom. The molecule has 2 unspecified atom stereocenters. The number of nitrogens with zero attached hydrogens (tertiary/aromatic N) is 4. The molecule has 1 aliphatic carbocycles. The summed E-state index contributed by atoms with van der Waals surface area (Å²) in [7, 11) is 0. The van der Waals surface area contributed by atoms with Gasteiger partial charge in [0.05, 0.1) is 23.4 Å². The Balaban J connectivity index is 0.945. The minimum Gasteiger partial charge on any atom is -0.333 e. The van der Waals surface area contributed by atoms with Crippen LogP contribution in [0.15, 0.2) is 267 Å². The van der Waals surface area contributed by atoms with E-state index in [-0.39, 0.29) is 12.0 Å².